The molecule has 1 aliphatic carbocycles. The van der Waals surface area contributed by atoms with Crippen LogP contribution in [0.4, 0.5) is 0 Å². The van der Waals surface area contributed by atoms with E-state index >= 15 is 0 Å². The Bertz CT molecular complexity index is 193. The van der Waals surface area contributed by atoms with Gasteiger partial charge in [0.15, 0.2) is 0 Å². The molecule has 0 spiro atoms. The highest BCUT2D eigenvalue weighted by atomic mass is 16.2. The van der Waals surface area contributed by atoms with Crippen molar-refractivity contribution in [2.45, 2.75) is 26.3 Å². The Labute approximate surface area is 80.5 Å². The molecule has 13 heavy (non-hydrogen) atoms. The van der Waals surface area contributed by atoms with Crippen LogP contribution in [0.2, 0.25) is 0 Å². The van der Waals surface area contributed by atoms with Crippen LogP contribution in [0, 0.1) is 11.8 Å². The zero-order valence-corrected chi connectivity index (χ0v) is 9.00. The van der Waals surface area contributed by atoms with Gasteiger partial charge in [-0.15, -0.1) is 0 Å². The van der Waals surface area contributed by atoms with Crippen molar-refractivity contribution >= 4 is 5.91 Å². The minimum absolute atomic E-state index is 0.0564. The van der Waals surface area contributed by atoms with Crippen molar-refractivity contribution in [2.75, 3.05) is 20.6 Å². The average Bonchev–Trinajstić information content (AvgIpc) is 2.79. The lowest BCUT2D eigenvalue weighted by molar-refractivity contribution is -0.131. The van der Waals surface area contributed by atoms with Gasteiger partial charge in [-0.1, -0.05) is 6.92 Å². The number of rotatable bonds is 4. The quantitative estimate of drug-likeness (QED) is 0.698. The van der Waals surface area contributed by atoms with E-state index in [0.29, 0.717) is 0 Å². The molecule has 0 aromatic carbocycles. The highest BCUT2D eigenvalue weighted by molar-refractivity contribution is 5.81. The zero-order chi connectivity index (χ0) is 10.0. The first-order valence-corrected chi connectivity index (χ1v) is 4.98. The van der Waals surface area contributed by atoms with Crippen LogP contribution in [-0.4, -0.2) is 37.5 Å². The lowest BCUT2D eigenvalue weighted by atomic mass is 10.2. The first-order chi connectivity index (χ1) is 6.06. The summed E-state index contributed by atoms with van der Waals surface area (Å²) in [5.74, 6) is 1.76. The van der Waals surface area contributed by atoms with Gasteiger partial charge in [-0.3, -0.25) is 4.79 Å². The van der Waals surface area contributed by atoms with Gasteiger partial charge >= 0.3 is 0 Å². The summed E-state index contributed by atoms with van der Waals surface area (Å²) in [7, 11) is 3.71. The van der Waals surface area contributed by atoms with Crippen LogP contribution in [0.5, 0.6) is 0 Å². The topological polar surface area (TPSA) is 32.3 Å². The van der Waals surface area contributed by atoms with Gasteiger partial charge in [0.2, 0.25) is 5.91 Å². The van der Waals surface area contributed by atoms with Gasteiger partial charge < -0.3 is 10.2 Å². The van der Waals surface area contributed by atoms with E-state index < -0.39 is 0 Å². The van der Waals surface area contributed by atoms with Gasteiger partial charge in [0.25, 0.3) is 0 Å². The molecular formula is C10H20N2O. The lowest BCUT2D eigenvalue weighted by Gasteiger charge is -2.20. The number of hydrogen-bond acceptors (Lipinski definition) is 2. The molecule has 1 saturated carbocycles. The summed E-state index contributed by atoms with van der Waals surface area (Å²) in [4.78, 5) is 13.5. The van der Waals surface area contributed by atoms with Gasteiger partial charge in [0.05, 0.1) is 6.04 Å². The minimum atomic E-state index is -0.0564. The number of carbonyl (C=O) groups excluding carboxylic acids is 1. The molecule has 0 aromatic heterocycles. The van der Waals surface area contributed by atoms with Gasteiger partial charge in [0, 0.05) is 13.6 Å². The predicted molar refractivity (Wildman–Crippen MR) is 53.4 cm³/mol. The molecule has 3 atom stereocenters. The number of likely N-dealkylation sites (N-methyl/N-ethyl adjacent to an activating group) is 2. The minimum Gasteiger partial charge on any atom is -0.344 e. The fraction of sp³-hybridized carbons (Fsp3) is 0.900. The summed E-state index contributed by atoms with van der Waals surface area (Å²) in [5.41, 5.74) is 0. The number of nitrogens with one attached hydrogen (secondary N) is 1. The van der Waals surface area contributed by atoms with Crippen LogP contribution < -0.4 is 5.32 Å². The molecule has 1 fully saturated rings. The molecule has 0 radical (unpaired) electrons. The Morgan fingerprint density at radius 3 is 2.62 bits per heavy atom. The summed E-state index contributed by atoms with van der Waals surface area (Å²) < 4.78 is 0. The van der Waals surface area contributed by atoms with Crippen LogP contribution in [0.15, 0.2) is 0 Å². The molecule has 76 valence electrons. The summed E-state index contributed by atoms with van der Waals surface area (Å²) >= 11 is 0. The van der Waals surface area contributed by atoms with Crippen LogP contribution in [0.3, 0.4) is 0 Å². The maximum atomic E-state index is 11.6. The maximum Gasteiger partial charge on any atom is 0.239 e. The van der Waals surface area contributed by atoms with Crippen molar-refractivity contribution < 1.29 is 4.79 Å². The summed E-state index contributed by atoms with van der Waals surface area (Å²) in [6, 6.07) is -0.0564. The fourth-order valence-corrected chi connectivity index (χ4v) is 1.55. The van der Waals surface area contributed by atoms with E-state index in [1.54, 1.807) is 0 Å². The van der Waals surface area contributed by atoms with E-state index in [9.17, 15) is 4.79 Å². The second-order valence-electron chi connectivity index (χ2n) is 4.20. The van der Waals surface area contributed by atoms with E-state index in [2.05, 4.69) is 12.2 Å². The zero-order valence-electron chi connectivity index (χ0n) is 9.00. The summed E-state index contributed by atoms with van der Waals surface area (Å²) in [6.45, 7) is 5.06. The number of amides is 1. The molecule has 1 rings (SSSR count). The molecule has 0 aromatic rings. The highest BCUT2D eigenvalue weighted by Crippen LogP contribution is 2.37. The monoisotopic (exact) mass is 184 g/mol. The smallest absolute Gasteiger partial charge is 0.239 e. The van der Waals surface area contributed by atoms with Crippen LogP contribution in [0.25, 0.3) is 0 Å². The normalized spacial score (nSPS) is 28.3. The molecule has 3 unspecified atom stereocenters. The molecular weight excluding hydrogens is 164 g/mol. The molecule has 0 heterocycles. The van der Waals surface area contributed by atoms with Crippen molar-refractivity contribution in [3.05, 3.63) is 0 Å². The van der Waals surface area contributed by atoms with Crippen molar-refractivity contribution in [2.24, 2.45) is 11.8 Å². The third-order valence-electron chi connectivity index (χ3n) is 2.96. The fourth-order valence-electron chi connectivity index (χ4n) is 1.55. The molecule has 3 heteroatoms. The van der Waals surface area contributed by atoms with Crippen molar-refractivity contribution in [1.29, 1.82) is 0 Å². The van der Waals surface area contributed by atoms with E-state index in [4.69, 9.17) is 0 Å². The molecule has 1 amide bonds. The van der Waals surface area contributed by atoms with Crippen molar-refractivity contribution in [3.63, 3.8) is 0 Å². The van der Waals surface area contributed by atoms with Crippen molar-refractivity contribution in [3.8, 4) is 0 Å². The molecule has 1 N–H and O–H groups in total. The van der Waals surface area contributed by atoms with Crippen LogP contribution >= 0.6 is 0 Å². The van der Waals surface area contributed by atoms with Crippen LogP contribution in [0.1, 0.15) is 20.3 Å². The summed E-state index contributed by atoms with van der Waals surface area (Å²) in [5, 5.41) is 2.96. The largest absolute Gasteiger partial charge is 0.344 e. The third-order valence-corrected chi connectivity index (χ3v) is 2.96. The van der Waals surface area contributed by atoms with E-state index in [-0.39, 0.29) is 11.9 Å². The van der Waals surface area contributed by atoms with Gasteiger partial charge in [-0.25, -0.2) is 0 Å². The number of hydrogen-bond donors (Lipinski definition) is 1. The summed E-state index contributed by atoms with van der Waals surface area (Å²) in [6.07, 6.45) is 1.28. The first-order valence-electron chi connectivity index (χ1n) is 4.98. The van der Waals surface area contributed by atoms with E-state index in [1.165, 1.54) is 6.42 Å². The highest BCUT2D eigenvalue weighted by Gasteiger charge is 2.34. The third kappa shape index (κ3) is 2.69. The Hall–Kier alpha value is -0.570. The second kappa shape index (κ2) is 4.09. The van der Waals surface area contributed by atoms with Crippen molar-refractivity contribution in [1.82, 2.24) is 10.2 Å². The molecule has 0 bridgehead atoms. The van der Waals surface area contributed by atoms with E-state index in [1.807, 2.05) is 25.9 Å². The predicted octanol–water partition coefficient (Wildman–Crippen LogP) is 0.709. The Balaban J connectivity index is 2.29. The van der Waals surface area contributed by atoms with Crippen LogP contribution in [-0.2, 0) is 4.79 Å². The Kier molecular flexibility index (Phi) is 3.31. The second-order valence-corrected chi connectivity index (χ2v) is 4.20. The van der Waals surface area contributed by atoms with E-state index in [0.717, 1.165) is 18.4 Å². The molecule has 3 nitrogen and oxygen atoms in total. The first kappa shape index (κ1) is 10.5. The van der Waals surface area contributed by atoms with Gasteiger partial charge in [-0.2, -0.15) is 0 Å². The molecule has 1 aliphatic rings. The number of nitrogens with zero attached hydrogens (tertiary/aromatic N) is 1. The maximum absolute atomic E-state index is 11.6. The number of carbonyl (C=O) groups is 1. The average molecular weight is 184 g/mol. The molecule has 0 aliphatic heterocycles. The van der Waals surface area contributed by atoms with Gasteiger partial charge in [0.1, 0.15) is 0 Å². The SMILES string of the molecule is CNC(C)C(=O)N(C)CC1CC1C. The Morgan fingerprint density at radius 1 is 1.69 bits per heavy atom. The molecule has 0 saturated heterocycles. The Morgan fingerprint density at radius 2 is 2.23 bits per heavy atom. The standard InChI is InChI=1S/C10H20N2O/c1-7-5-9(7)6-12(4)10(13)8(2)11-3/h7-9,11H,5-6H2,1-4H3. The van der Waals surface area contributed by atoms with Gasteiger partial charge in [-0.05, 0) is 32.2 Å². The lowest BCUT2D eigenvalue weighted by Crippen LogP contribution is -2.42.